The van der Waals surface area contributed by atoms with Crippen LogP contribution in [0.2, 0.25) is 0 Å². The number of rotatable bonds is 14. The maximum atomic E-state index is 12.7. The van der Waals surface area contributed by atoms with Crippen LogP contribution < -0.4 is 10.7 Å². The molecule has 1 unspecified atom stereocenters. The number of carbonyl (C=O) groups is 4. The third-order valence-electron chi connectivity index (χ3n) is 4.25. The first-order valence-electron chi connectivity index (χ1n) is 11.5. The van der Waals surface area contributed by atoms with Gasteiger partial charge in [0.15, 0.2) is 0 Å². The number of nitrogens with one attached hydrogen (secondary N) is 2. The molecule has 0 aliphatic heterocycles. The van der Waals surface area contributed by atoms with Gasteiger partial charge in [-0.3, -0.25) is 15.0 Å². The van der Waals surface area contributed by atoms with Crippen LogP contribution in [-0.2, 0) is 23.9 Å². The lowest BCUT2D eigenvalue weighted by molar-refractivity contribution is -0.153. The number of hydrogen-bond acceptors (Lipinski definition) is 7. The molecule has 0 fully saturated rings. The summed E-state index contributed by atoms with van der Waals surface area (Å²) < 4.78 is 10.0. The van der Waals surface area contributed by atoms with Crippen LogP contribution in [0, 0.1) is 11.8 Å². The molecule has 0 aliphatic carbocycles. The van der Waals surface area contributed by atoms with Gasteiger partial charge >= 0.3 is 12.1 Å². The molecule has 32 heavy (non-hydrogen) atoms. The lowest BCUT2D eigenvalue weighted by Crippen LogP contribution is -2.51. The van der Waals surface area contributed by atoms with Gasteiger partial charge in [0.05, 0.1) is 13.2 Å². The van der Waals surface area contributed by atoms with Crippen molar-refractivity contribution in [1.82, 2.24) is 15.8 Å². The molecule has 0 aromatic rings. The summed E-state index contributed by atoms with van der Waals surface area (Å²) in [5.74, 6) is -1.08. The van der Waals surface area contributed by atoms with Crippen molar-refractivity contribution in [3.8, 4) is 0 Å². The van der Waals surface area contributed by atoms with E-state index in [-0.39, 0.29) is 37.4 Å². The lowest BCUT2D eigenvalue weighted by Gasteiger charge is -2.28. The van der Waals surface area contributed by atoms with Crippen molar-refractivity contribution in [3.63, 3.8) is 0 Å². The van der Waals surface area contributed by atoms with E-state index in [4.69, 9.17) is 9.47 Å². The summed E-state index contributed by atoms with van der Waals surface area (Å²) in [6, 6.07) is -0.259. The van der Waals surface area contributed by atoms with Crippen molar-refractivity contribution in [2.75, 3.05) is 19.7 Å². The number of Topliss-reactive ketones (excluding diaryl/α,β-unsaturated/α-hetero) is 1. The van der Waals surface area contributed by atoms with Gasteiger partial charge in [-0.25, -0.2) is 14.6 Å². The first-order valence-corrected chi connectivity index (χ1v) is 11.5. The molecule has 0 aromatic carbocycles. The number of ether oxygens (including phenoxy) is 2. The van der Waals surface area contributed by atoms with Crippen molar-refractivity contribution in [3.05, 3.63) is 0 Å². The lowest BCUT2D eigenvalue weighted by atomic mass is 9.99. The average Bonchev–Trinajstić information content (AvgIpc) is 2.61. The summed E-state index contributed by atoms with van der Waals surface area (Å²) in [5, 5.41) is 4.47. The van der Waals surface area contributed by atoms with Crippen LogP contribution in [0.3, 0.4) is 0 Å². The smallest absolute Gasteiger partial charge is 0.422 e. The van der Waals surface area contributed by atoms with E-state index < -0.39 is 23.4 Å². The third kappa shape index (κ3) is 15.6. The fraction of sp³-hybridized carbons (Fsp3) is 0.826. The molecular weight excluding hydrogens is 414 g/mol. The summed E-state index contributed by atoms with van der Waals surface area (Å²) >= 11 is 0. The Morgan fingerprint density at radius 1 is 0.938 bits per heavy atom. The Balaban J connectivity index is 5.01. The zero-order chi connectivity index (χ0) is 24.9. The molecule has 2 amide bonds. The minimum absolute atomic E-state index is 0.00768. The van der Waals surface area contributed by atoms with Gasteiger partial charge in [0.25, 0.3) is 0 Å². The monoisotopic (exact) mass is 457 g/mol. The fourth-order valence-electron chi connectivity index (χ4n) is 2.91. The summed E-state index contributed by atoms with van der Waals surface area (Å²) in [7, 11) is 0. The van der Waals surface area contributed by atoms with Crippen molar-refractivity contribution < 1.29 is 28.7 Å². The maximum absolute atomic E-state index is 12.7. The molecule has 0 aliphatic rings. The topological polar surface area (TPSA) is 114 Å². The highest BCUT2D eigenvalue weighted by molar-refractivity contribution is 6.33. The highest BCUT2D eigenvalue weighted by Crippen LogP contribution is 2.12. The van der Waals surface area contributed by atoms with Gasteiger partial charge in [-0.15, -0.1) is 0 Å². The molecule has 0 rings (SSSR count). The first-order chi connectivity index (χ1) is 14.7. The van der Waals surface area contributed by atoms with E-state index >= 15 is 0 Å². The van der Waals surface area contributed by atoms with Crippen molar-refractivity contribution in [1.29, 1.82) is 0 Å². The summed E-state index contributed by atoms with van der Waals surface area (Å²) in [6.45, 7) is 15.6. The first kappa shape index (κ1) is 29.8. The second-order valence-electron chi connectivity index (χ2n) is 9.81. The molecule has 0 spiro atoms. The molecular formula is C23H43N3O6. The molecule has 9 heteroatoms. The largest absolute Gasteiger partial charge is 0.460 e. The van der Waals surface area contributed by atoms with Gasteiger partial charge in [-0.2, -0.15) is 0 Å². The Morgan fingerprint density at radius 3 is 2.06 bits per heavy atom. The van der Waals surface area contributed by atoms with Gasteiger partial charge < -0.3 is 14.8 Å². The zero-order valence-electron chi connectivity index (χ0n) is 21.1. The highest BCUT2D eigenvalue weighted by atomic mass is 16.6. The minimum atomic E-state index is -0.842. The molecule has 0 saturated heterocycles. The number of carbonyl (C=O) groups excluding carboxylic acids is 4. The average molecular weight is 458 g/mol. The van der Waals surface area contributed by atoms with Crippen molar-refractivity contribution in [2.45, 2.75) is 92.7 Å². The highest BCUT2D eigenvalue weighted by Gasteiger charge is 2.23. The van der Waals surface area contributed by atoms with Crippen molar-refractivity contribution in [2.24, 2.45) is 11.8 Å². The van der Waals surface area contributed by atoms with Crippen LogP contribution >= 0.6 is 0 Å². The number of hydrogen-bond donors (Lipinski definition) is 2. The fourth-order valence-corrected chi connectivity index (χ4v) is 2.91. The molecule has 1 atom stereocenters. The van der Waals surface area contributed by atoms with Crippen LogP contribution in [0.5, 0.6) is 0 Å². The van der Waals surface area contributed by atoms with Gasteiger partial charge in [0.2, 0.25) is 11.7 Å². The second-order valence-corrected chi connectivity index (χ2v) is 9.81. The molecule has 0 radical (unpaired) electrons. The summed E-state index contributed by atoms with van der Waals surface area (Å²) in [5.41, 5.74) is 1.98. The van der Waals surface area contributed by atoms with Crippen LogP contribution in [-0.4, -0.2) is 60.1 Å². The Kier molecular flexibility index (Phi) is 13.8. The Bertz CT molecular complexity index is 613. The van der Waals surface area contributed by atoms with Gasteiger partial charge in [-0.05, 0) is 58.8 Å². The predicted molar refractivity (Wildman–Crippen MR) is 123 cm³/mol. The van der Waals surface area contributed by atoms with E-state index in [1.54, 1.807) is 27.7 Å². The number of nitrogens with zero attached hydrogens (tertiary/aromatic N) is 1. The van der Waals surface area contributed by atoms with Gasteiger partial charge in [0, 0.05) is 19.0 Å². The minimum Gasteiger partial charge on any atom is -0.460 e. The van der Waals surface area contributed by atoms with Crippen LogP contribution in [0.1, 0.15) is 81.1 Å². The number of ketones is 1. The number of esters is 1. The SMILES string of the molecule is CCOC(=O)C(=O)CCC(CCC(C)C)NC(=O)CN(CC(C)C)NC(=O)OC(C)(C)C. The van der Waals surface area contributed by atoms with Gasteiger partial charge in [-0.1, -0.05) is 27.7 Å². The van der Waals surface area contributed by atoms with E-state index in [1.807, 2.05) is 13.8 Å². The zero-order valence-corrected chi connectivity index (χ0v) is 21.1. The van der Waals surface area contributed by atoms with Crippen LogP contribution in [0.15, 0.2) is 0 Å². The van der Waals surface area contributed by atoms with Crippen molar-refractivity contribution >= 4 is 23.8 Å². The number of hydrazine groups is 1. The molecule has 9 nitrogen and oxygen atoms in total. The van der Waals surface area contributed by atoms with E-state index in [0.29, 0.717) is 25.3 Å². The van der Waals surface area contributed by atoms with E-state index in [1.165, 1.54) is 5.01 Å². The molecule has 0 saturated carbocycles. The molecule has 0 bridgehead atoms. The Hall–Kier alpha value is -2.16. The van der Waals surface area contributed by atoms with E-state index in [0.717, 1.165) is 6.42 Å². The van der Waals surface area contributed by atoms with Crippen LogP contribution in [0.25, 0.3) is 0 Å². The molecule has 0 heterocycles. The summed E-state index contributed by atoms with van der Waals surface area (Å²) in [6.07, 6.45) is 1.28. The number of amides is 2. The third-order valence-corrected chi connectivity index (χ3v) is 4.25. The Labute approximate surface area is 192 Å². The van der Waals surface area contributed by atoms with Crippen LogP contribution in [0.4, 0.5) is 4.79 Å². The molecule has 186 valence electrons. The maximum Gasteiger partial charge on any atom is 0.422 e. The summed E-state index contributed by atoms with van der Waals surface area (Å²) in [4.78, 5) is 48.4. The quantitative estimate of drug-likeness (QED) is 0.234. The Morgan fingerprint density at radius 2 is 1.56 bits per heavy atom. The van der Waals surface area contributed by atoms with E-state index in [2.05, 4.69) is 24.6 Å². The molecule has 0 aromatic heterocycles. The molecule has 2 N–H and O–H groups in total. The van der Waals surface area contributed by atoms with Gasteiger partial charge in [0.1, 0.15) is 5.60 Å². The second kappa shape index (κ2) is 14.8. The standard InChI is InChI=1S/C23H43N3O6/c1-9-31-21(29)19(27)13-12-18(11-10-16(2)3)24-20(28)15-26(14-17(4)5)25-22(30)32-23(6,7)8/h16-18H,9-15H2,1-8H3,(H,24,28)(H,25,30). The van der Waals surface area contributed by atoms with E-state index in [9.17, 15) is 19.2 Å². The normalized spacial score (nSPS) is 12.6. The predicted octanol–water partition coefficient (Wildman–Crippen LogP) is 3.22.